The van der Waals surface area contributed by atoms with Gasteiger partial charge in [0.05, 0.1) is 4.90 Å². The Labute approximate surface area is 184 Å². The topological polar surface area (TPSA) is 75.3 Å². The number of halogens is 4. The number of carbonyl (C=O) groups is 1. The van der Waals surface area contributed by atoms with E-state index in [9.17, 15) is 26.4 Å². The lowest BCUT2D eigenvalue weighted by atomic mass is 9.84. The quantitative estimate of drug-likeness (QED) is 0.641. The van der Waals surface area contributed by atoms with Gasteiger partial charge in [-0.2, -0.15) is 13.2 Å². The van der Waals surface area contributed by atoms with Crippen molar-refractivity contribution >= 4 is 27.5 Å². The minimum Gasteiger partial charge on any atom is -0.347 e. The molecule has 0 saturated heterocycles. The van der Waals surface area contributed by atoms with Crippen LogP contribution in [0.4, 0.5) is 13.2 Å². The number of amides is 1. The molecular formula is C21H22ClF3N2O3S. The summed E-state index contributed by atoms with van der Waals surface area (Å²) in [5.41, 5.74) is 2.91. The molecule has 2 aromatic carbocycles. The molecule has 2 aromatic rings. The van der Waals surface area contributed by atoms with Crippen molar-refractivity contribution < 1.29 is 26.4 Å². The van der Waals surface area contributed by atoms with Crippen LogP contribution in [0.3, 0.4) is 0 Å². The van der Waals surface area contributed by atoms with Gasteiger partial charge in [0.1, 0.15) is 6.54 Å². The SMILES string of the molecule is O=C(CCc1cccc2c1CCC(NS(=O)(=O)c1ccc(Cl)cc1)C2)NCC(F)(F)F. The zero-order valence-corrected chi connectivity index (χ0v) is 18.1. The zero-order valence-electron chi connectivity index (χ0n) is 16.5. The van der Waals surface area contributed by atoms with Crippen LogP contribution in [0.5, 0.6) is 0 Å². The molecular weight excluding hydrogens is 453 g/mol. The van der Waals surface area contributed by atoms with Gasteiger partial charge in [0, 0.05) is 17.5 Å². The number of sulfonamides is 1. The maximum Gasteiger partial charge on any atom is 0.405 e. The Morgan fingerprint density at radius 2 is 1.84 bits per heavy atom. The fourth-order valence-corrected chi connectivity index (χ4v) is 5.05. The first-order chi connectivity index (χ1) is 14.5. The molecule has 0 spiro atoms. The van der Waals surface area contributed by atoms with Crippen molar-refractivity contribution in [2.24, 2.45) is 0 Å². The van der Waals surface area contributed by atoms with E-state index in [4.69, 9.17) is 11.6 Å². The van der Waals surface area contributed by atoms with Crippen LogP contribution in [-0.4, -0.2) is 33.1 Å². The maximum atomic E-state index is 12.6. The molecule has 1 aliphatic carbocycles. The second-order valence-electron chi connectivity index (χ2n) is 7.46. The smallest absolute Gasteiger partial charge is 0.347 e. The summed E-state index contributed by atoms with van der Waals surface area (Å²) in [6, 6.07) is 11.2. The highest BCUT2D eigenvalue weighted by Crippen LogP contribution is 2.27. The van der Waals surface area contributed by atoms with Crippen molar-refractivity contribution in [3.63, 3.8) is 0 Å². The van der Waals surface area contributed by atoms with Crippen LogP contribution in [0, 0.1) is 0 Å². The lowest BCUT2D eigenvalue weighted by Crippen LogP contribution is -2.39. The third kappa shape index (κ3) is 6.69. The maximum absolute atomic E-state index is 12.6. The van der Waals surface area contributed by atoms with Crippen molar-refractivity contribution in [3.8, 4) is 0 Å². The summed E-state index contributed by atoms with van der Waals surface area (Å²) in [6.45, 7) is -1.34. The standard InChI is InChI=1S/C21H22ClF3N2O3S/c22-16-5-8-18(9-6-16)31(29,30)27-17-7-10-19-14(2-1-3-15(19)12-17)4-11-20(28)26-13-21(23,24)25/h1-3,5-6,8-9,17,27H,4,7,10-13H2,(H,26,28). The molecule has 0 aliphatic heterocycles. The molecule has 168 valence electrons. The summed E-state index contributed by atoms with van der Waals surface area (Å²) in [5, 5.41) is 2.33. The molecule has 0 aromatic heterocycles. The highest BCUT2D eigenvalue weighted by Gasteiger charge is 2.28. The number of aryl methyl sites for hydroxylation is 1. The summed E-state index contributed by atoms with van der Waals surface area (Å²) in [7, 11) is -3.68. The van der Waals surface area contributed by atoms with E-state index in [1.165, 1.54) is 24.3 Å². The Kier molecular flexibility index (Phi) is 7.28. The van der Waals surface area contributed by atoms with Gasteiger partial charge in [-0.25, -0.2) is 13.1 Å². The Morgan fingerprint density at radius 1 is 1.13 bits per heavy atom. The average molecular weight is 475 g/mol. The van der Waals surface area contributed by atoms with E-state index in [0.717, 1.165) is 16.7 Å². The first-order valence-corrected chi connectivity index (χ1v) is 11.6. The van der Waals surface area contributed by atoms with E-state index in [-0.39, 0.29) is 17.4 Å². The summed E-state index contributed by atoms with van der Waals surface area (Å²) in [5.74, 6) is -0.653. The Bertz CT molecular complexity index is 1040. The number of hydrogen-bond acceptors (Lipinski definition) is 3. The third-order valence-corrected chi connectivity index (χ3v) is 6.92. The van der Waals surface area contributed by atoms with Gasteiger partial charge in [-0.3, -0.25) is 4.79 Å². The lowest BCUT2D eigenvalue weighted by molar-refractivity contribution is -0.138. The van der Waals surface area contributed by atoms with E-state index in [0.29, 0.717) is 30.7 Å². The average Bonchev–Trinajstić information content (AvgIpc) is 2.70. The normalized spacial score (nSPS) is 16.6. The molecule has 0 radical (unpaired) electrons. The third-order valence-electron chi connectivity index (χ3n) is 5.13. The van der Waals surface area contributed by atoms with Crippen LogP contribution >= 0.6 is 11.6 Å². The molecule has 0 saturated carbocycles. The van der Waals surface area contributed by atoms with Crippen molar-refractivity contribution in [2.45, 2.75) is 49.2 Å². The van der Waals surface area contributed by atoms with E-state index in [1.807, 2.05) is 23.5 Å². The predicted octanol–water partition coefficient (Wildman–Crippen LogP) is 3.79. The molecule has 10 heteroatoms. The van der Waals surface area contributed by atoms with Gasteiger partial charge >= 0.3 is 6.18 Å². The minimum absolute atomic E-state index is 0.0425. The van der Waals surface area contributed by atoms with Crippen LogP contribution in [0.15, 0.2) is 47.4 Å². The Hall–Kier alpha value is -2.10. The number of carbonyl (C=O) groups excluding carboxylic acids is 1. The second-order valence-corrected chi connectivity index (χ2v) is 9.61. The van der Waals surface area contributed by atoms with Crippen molar-refractivity contribution in [2.75, 3.05) is 6.54 Å². The molecule has 1 atom stereocenters. The highest BCUT2D eigenvalue weighted by molar-refractivity contribution is 7.89. The molecule has 1 unspecified atom stereocenters. The lowest BCUT2D eigenvalue weighted by Gasteiger charge is -2.27. The van der Waals surface area contributed by atoms with Crippen LogP contribution in [0.25, 0.3) is 0 Å². The number of fused-ring (bicyclic) bond motifs is 1. The van der Waals surface area contributed by atoms with Crippen molar-refractivity contribution in [1.29, 1.82) is 0 Å². The van der Waals surface area contributed by atoms with Crippen molar-refractivity contribution in [3.05, 3.63) is 64.2 Å². The Balaban J connectivity index is 1.62. The van der Waals surface area contributed by atoms with Crippen molar-refractivity contribution in [1.82, 2.24) is 10.0 Å². The second kappa shape index (κ2) is 9.58. The van der Waals surface area contributed by atoms with E-state index in [2.05, 4.69) is 4.72 Å². The largest absolute Gasteiger partial charge is 0.405 e. The minimum atomic E-state index is -4.43. The highest BCUT2D eigenvalue weighted by atomic mass is 35.5. The van der Waals surface area contributed by atoms with Crippen LogP contribution < -0.4 is 10.0 Å². The Morgan fingerprint density at radius 3 is 2.52 bits per heavy atom. The van der Waals surface area contributed by atoms with Gasteiger partial charge in [-0.15, -0.1) is 0 Å². The molecule has 0 bridgehead atoms. The predicted molar refractivity (Wildman–Crippen MR) is 111 cm³/mol. The summed E-state index contributed by atoms with van der Waals surface area (Å²) >= 11 is 5.82. The molecule has 1 amide bonds. The van der Waals surface area contributed by atoms with Crippen LogP contribution in [0.1, 0.15) is 29.5 Å². The fourth-order valence-electron chi connectivity index (χ4n) is 3.66. The number of nitrogens with one attached hydrogen (secondary N) is 2. The first kappa shape index (κ1) is 23.6. The molecule has 5 nitrogen and oxygen atoms in total. The van der Waals surface area contributed by atoms with Gasteiger partial charge in [0.15, 0.2) is 0 Å². The molecule has 2 N–H and O–H groups in total. The summed E-state index contributed by atoms with van der Waals surface area (Å²) in [6.07, 6.45) is -2.46. The molecule has 0 heterocycles. The van der Waals surface area contributed by atoms with Gasteiger partial charge in [0.25, 0.3) is 0 Å². The molecule has 0 fully saturated rings. The van der Waals surface area contributed by atoms with Gasteiger partial charge in [-0.05, 0) is 66.6 Å². The van der Waals surface area contributed by atoms with Crippen LogP contribution in [-0.2, 0) is 34.1 Å². The van der Waals surface area contributed by atoms with Gasteiger partial charge in [0.2, 0.25) is 15.9 Å². The number of hydrogen-bond donors (Lipinski definition) is 2. The first-order valence-electron chi connectivity index (χ1n) is 9.74. The number of benzene rings is 2. The molecule has 1 aliphatic rings. The number of alkyl halides is 3. The van der Waals surface area contributed by atoms with E-state index >= 15 is 0 Å². The summed E-state index contributed by atoms with van der Waals surface area (Å²) in [4.78, 5) is 11.8. The van der Waals surface area contributed by atoms with Gasteiger partial charge in [-0.1, -0.05) is 29.8 Å². The molecule has 31 heavy (non-hydrogen) atoms. The van der Waals surface area contributed by atoms with E-state index < -0.39 is 28.7 Å². The van der Waals surface area contributed by atoms with E-state index in [1.54, 1.807) is 0 Å². The monoisotopic (exact) mass is 474 g/mol. The zero-order chi connectivity index (χ0) is 22.6. The molecule has 3 rings (SSSR count). The fraction of sp³-hybridized carbons (Fsp3) is 0.381. The number of rotatable bonds is 7. The van der Waals surface area contributed by atoms with Gasteiger partial charge < -0.3 is 5.32 Å². The summed E-state index contributed by atoms with van der Waals surface area (Å²) < 4.78 is 64.6. The van der Waals surface area contributed by atoms with Crippen LogP contribution in [0.2, 0.25) is 5.02 Å².